The molecule has 0 aliphatic heterocycles. The first-order valence-electron chi connectivity index (χ1n) is 11.5. The third kappa shape index (κ3) is 5.28. The second-order valence-electron chi connectivity index (χ2n) is 8.06. The van der Waals surface area contributed by atoms with Crippen molar-refractivity contribution in [1.29, 1.82) is 0 Å². The van der Waals surface area contributed by atoms with E-state index in [-0.39, 0.29) is 18.3 Å². The third-order valence-electron chi connectivity index (χ3n) is 5.82. The van der Waals surface area contributed by atoms with Crippen molar-refractivity contribution in [1.82, 2.24) is 25.0 Å². The van der Waals surface area contributed by atoms with Gasteiger partial charge >= 0.3 is 0 Å². The van der Waals surface area contributed by atoms with Crippen LogP contribution in [0.3, 0.4) is 0 Å². The van der Waals surface area contributed by atoms with Crippen molar-refractivity contribution in [2.75, 3.05) is 13.2 Å². The van der Waals surface area contributed by atoms with Gasteiger partial charge in [0.1, 0.15) is 18.1 Å². The highest BCUT2D eigenvalue weighted by molar-refractivity contribution is 5.66. The summed E-state index contributed by atoms with van der Waals surface area (Å²) in [5, 5.41) is 7.22. The SMILES string of the molecule is CCC(CC)n1cc(-c2cncc(-c3cc(-c4ccc(CNCCF)cc4)no3)n2)ccc1=O. The largest absolute Gasteiger partial charge is 0.354 e. The van der Waals surface area contributed by atoms with Crippen molar-refractivity contribution in [3.05, 3.63) is 77.0 Å². The van der Waals surface area contributed by atoms with Crippen LogP contribution < -0.4 is 10.9 Å². The second-order valence-corrected chi connectivity index (χ2v) is 8.06. The summed E-state index contributed by atoms with van der Waals surface area (Å²) >= 11 is 0. The summed E-state index contributed by atoms with van der Waals surface area (Å²) in [4.78, 5) is 21.4. The van der Waals surface area contributed by atoms with Crippen molar-refractivity contribution >= 4 is 0 Å². The molecule has 3 aromatic heterocycles. The van der Waals surface area contributed by atoms with E-state index >= 15 is 0 Å². The molecule has 4 aromatic rings. The summed E-state index contributed by atoms with van der Waals surface area (Å²) in [5.41, 5.74) is 4.67. The molecule has 0 unspecified atom stereocenters. The van der Waals surface area contributed by atoms with E-state index in [2.05, 4.69) is 29.3 Å². The maximum absolute atomic E-state index is 12.4. The van der Waals surface area contributed by atoms with Crippen molar-refractivity contribution < 1.29 is 8.91 Å². The summed E-state index contributed by atoms with van der Waals surface area (Å²) in [6.07, 6.45) is 6.91. The van der Waals surface area contributed by atoms with Crippen LogP contribution in [0.1, 0.15) is 38.3 Å². The molecule has 3 heterocycles. The minimum absolute atomic E-state index is 0.0225. The lowest BCUT2D eigenvalue weighted by Gasteiger charge is -2.17. The Morgan fingerprint density at radius 1 is 1.00 bits per heavy atom. The van der Waals surface area contributed by atoms with Crippen molar-refractivity contribution in [3.8, 4) is 34.0 Å². The highest BCUT2D eigenvalue weighted by Crippen LogP contribution is 2.27. The van der Waals surface area contributed by atoms with Gasteiger partial charge in [0, 0.05) is 48.6 Å². The van der Waals surface area contributed by atoms with E-state index in [1.54, 1.807) is 29.1 Å². The van der Waals surface area contributed by atoms with E-state index in [1.165, 1.54) is 0 Å². The number of hydrogen-bond acceptors (Lipinski definition) is 6. The van der Waals surface area contributed by atoms with E-state index in [4.69, 9.17) is 9.51 Å². The number of benzene rings is 1. The van der Waals surface area contributed by atoms with Gasteiger partial charge in [-0.3, -0.25) is 9.78 Å². The molecule has 0 saturated carbocycles. The van der Waals surface area contributed by atoms with Crippen LogP contribution in [0.15, 0.2) is 70.4 Å². The van der Waals surface area contributed by atoms with E-state index in [9.17, 15) is 9.18 Å². The van der Waals surface area contributed by atoms with Gasteiger partial charge in [-0.1, -0.05) is 43.3 Å². The Morgan fingerprint density at radius 2 is 1.74 bits per heavy atom. The standard InChI is InChI=1S/C26H28FN5O2/c1-3-21(4-2)32-17-20(9-10-26(32)33)23-15-29-16-24(30-23)25-13-22(31-34-25)19-7-5-18(6-8-19)14-28-12-11-27/h5-10,13,15-17,21,28H,3-4,11-12,14H2,1-2H3. The molecule has 0 bridgehead atoms. The Kier molecular flexibility index (Phi) is 7.59. The third-order valence-corrected chi connectivity index (χ3v) is 5.82. The molecule has 7 nitrogen and oxygen atoms in total. The maximum atomic E-state index is 12.4. The number of hydrogen-bond donors (Lipinski definition) is 1. The average molecular weight is 462 g/mol. The normalized spacial score (nSPS) is 11.3. The number of aromatic nitrogens is 4. The zero-order valence-corrected chi connectivity index (χ0v) is 19.4. The Hall–Kier alpha value is -3.65. The van der Waals surface area contributed by atoms with E-state index < -0.39 is 0 Å². The molecule has 176 valence electrons. The van der Waals surface area contributed by atoms with Gasteiger partial charge in [-0.15, -0.1) is 0 Å². The molecule has 4 rings (SSSR count). The predicted octanol–water partition coefficient (Wildman–Crippen LogP) is 5.05. The lowest BCUT2D eigenvalue weighted by molar-refractivity contribution is 0.433. The molecule has 8 heteroatoms. The zero-order valence-electron chi connectivity index (χ0n) is 19.4. The summed E-state index contributed by atoms with van der Waals surface area (Å²) in [7, 11) is 0. The summed E-state index contributed by atoms with van der Waals surface area (Å²) in [6, 6.07) is 13.2. The van der Waals surface area contributed by atoms with Crippen LogP contribution >= 0.6 is 0 Å². The Morgan fingerprint density at radius 3 is 2.47 bits per heavy atom. The molecular formula is C26H28FN5O2. The van der Waals surface area contributed by atoms with Crippen LogP contribution in [0.4, 0.5) is 4.39 Å². The lowest BCUT2D eigenvalue weighted by atomic mass is 10.1. The topological polar surface area (TPSA) is 85.8 Å². The minimum atomic E-state index is -0.383. The van der Waals surface area contributed by atoms with Gasteiger partial charge in [-0.25, -0.2) is 9.37 Å². The fourth-order valence-electron chi connectivity index (χ4n) is 3.87. The molecule has 0 radical (unpaired) electrons. The van der Waals surface area contributed by atoms with Gasteiger partial charge in [-0.05, 0) is 24.5 Å². The number of rotatable bonds is 10. The molecule has 1 N–H and O–H groups in total. The van der Waals surface area contributed by atoms with Crippen molar-refractivity contribution in [2.24, 2.45) is 0 Å². The Labute approximate surface area is 197 Å². The molecule has 0 aliphatic rings. The second kappa shape index (κ2) is 11.0. The van der Waals surface area contributed by atoms with Gasteiger partial charge in [0.05, 0.1) is 18.1 Å². The number of nitrogens with zero attached hydrogens (tertiary/aromatic N) is 4. The monoisotopic (exact) mass is 461 g/mol. The van der Waals surface area contributed by atoms with Crippen LogP contribution in [-0.2, 0) is 6.54 Å². The van der Waals surface area contributed by atoms with Crippen molar-refractivity contribution in [2.45, 2.75) is 39.3 Å². The van der Waals surface area contributed by atoms with E-state index in [0.717, 1.165) is 29.5 Å². The fraction of sp³-hybridized carbons (Fsp3) is 0.308. The predicted molar refractivity (Wildman–Crippen MR) is 130 cm³/mol. The minimum Gasteiger partial charge on any atom is -0.354 e. The molecule has 0 fully saturated rings. The quantitative estimate of drug-likeness (QED) is 0.333. The number of halogens is 1. The number of pyridine rings is 1. The molecule has 34 heavy (non-hydrogen) atoms. The summed E-state index contributed by atoms with van der Waals surface area (Å²) in [6.45, 7) is 4.72. The van der Waals surface area contributed by atoms with Crippen LogP contribution in [0.25, 0.3) is 34.0 Å². The molecular weight excluding hydrogens is 433 g/mol. The zero-order chi connectivity index (χ0) is 23.9. The van der Waals surface area contributed by atoms with Crippen LogP contribution in [0, 0.1) is 0 Å². The molecule has 0 amide bonds. The van der Waals surface area contributed by atoms with Gasteiger partial charge in [0.15, 0.2) is 5.76 Å². The van der Waals surface area contributed by atoms with Crippen LogP contribution in [-0.4, -0.2) is 32.9 Å². The fourth-order valence-corrected chi connectivity index (χ4v) is 3.87. The smallest absolute Gasteiger partial charge is 0.250 e. The van der Waals surface area contributed by atoms with Crippen molar-refractivity contribution in [3.63, 3.8) is 0 Å². The average Bonchev–Trinajstić information content (AvgIpc) is 3.37. The van der Waals surface area contributed by atoms with Gasteiger partial charge < -0.3 is 14.4 Å². The first-order valence-corrected chi connectivity index (χ1v) is 11.5. The molecule has 0 atom stereocenters. The molecule has 1 aromatic carbocycles. The Balaban J connectivity index is 1.57. The Bertz CT molecular complexity index is 1280. The molecule has 0 saturated heterocycles. The summed E-state index contributed by atoms with van der Waals surface area (Å²) < 4.78 is 19.6. The molecule has 0 aliphatic carbocycles. The maximum Gasteiger partial charge on any atom is 0.250 e. The first kappa shape index (κ1) is 23.5. The van der Waals surface area contributed by atoms with E-state index in [0.29, 0.717) is 35.9 Å². The highest BCUT2D eigenvalue weighted by Gasteiger charge is 2.14. The number of alkyl halides is 1. The van der Waals surface area contributed by atoms with Gasteiger partial charge in [-0.2, -0.15) is 0 Å². The van der Waals surface area contributed by atoms with E-state index in [1.807, 2.05) is 36.5 Å². The van der Waals surface area contributed by atoms with Gasteiger partial charge in [0.2, 0.25) is 0 Å². The lowest BCUT2D eigenvalue weighted by Crippen LogP contribution is -2.23. The highest BCUT2D eigenvalue weighted by atomic mass is 19.1. The summed E-state index contributed by atoms with van der Waals surface area (Å²) in [5.74, 6) is 0.506. The van der Waals surface area contributed by atoms with Crippen LogP contribution in [0.5, 0.6) is 0 Å². The van der Waals surface area contributed by atoms with Crippen LogP contribution in [0.2, 0.25) is 0 Å². The van der Waals surface area contributed by atoms with Gasteiger partial charge in [0.25, 0.3) is 5.56 Å². The first-order chi connectivity index (χ1) is 16.6. The number of nitrogens with one attached hydrogen (secondary N) is 1. The molecule has 0 spiro atoms.